The van der Waals surface area contributed by atoms with Gasteiger partial charge in [-0.3, -0.25) is 10.1 Å². The first-order valence-corrected chi connectivity index (χ1v) is 6.82. The molecule has 0 atom stereocenters. The van der Waals surface area contributed by atoms with Gasteiger partial charge in [-0.1, -0.05) is 46.9 Å². The van der Waals surface area contributed by atoms with Crippen molar-refractivity contribution in [2.75, 3.05) is 0 Å². The number of hydrogen-bond donors (Lipinski definition) is 0. The maximum absolute atomic E-state index is 11.7. The summed E-state index contributed by atoms with van der Waals surface area (Å²) in [6.07, 6.45) is 0.559. The molecule has 0 saturated heterocycles. The van der Waals surface area contributed by atoms with E-state index in [0.29, 0.717) is 6.21 Å². The monoisotopic (exact) mass is 330 g/mol. The van der Waals surface area contributed by atoms with Gasteiger partial charge >= 0.3 is 0 Å². The topological polar surface area (TPSA) is 89.6 Å². The van der Waals surface area contributed by atoms with Crippen LogP contribution >= 0.6 is 34.8 Å². The number of para-hydroxylation sites is 1. The fourth-order valence-electron chi connectivity index (χ4n) is 1.01. The van der Waals surface area contributed by atoms with Crippen LogP contribution in [0.1, 0.15) is 0 Å². The minimum atomic E-state index is -4.29. The second-order valence-corrected chi connectivity index (χ2v) is 6.95. The Bertz CT molecular complexity index is 595. The SMILES string of the molecule is O=[N+]([O-])c1ccccc1S(=O)(=O)/N=C/C(Cl)(Cl)Cl. The third kappa shape index (κ3) is 4.09. The van der Waals surface area contributed by atoms with Gasteiger partial charge in [0.15, 0.2) is 4.90 Å². The highest BCUT2D eigenvalue weighted by Gasteiger charge is 2.26. The van der Waals surface area contributed by atoms with Crippen molar-refractivity contribution in [2.45, 2.75) is 8.69 Å². The van der Waals surface area contributed by atoms with Crippen molar-refractivity contribution in [3.05, 3.63) is 34.4 Å². The predicted molar refractivity (Wildman–Crippen MR) is 69.1 cm³/mol. The van der Waals surface area contributed by atoms with Crippen LogP contribution in [-0.2, 0) is 10.0 Å². The molecule has 0 fully saturated rings. The van der Waals surface area contributed by atoms with E-state index in [-0.39, 0.29) is 0 Å². The summed E-state index contributed by atoms with van der Waals surface area (Å²) in [4.78, 5) is 9.28. The fraction of sp³-hybridized carbons (Fsp3) is 0.125. The number of rotatable bonds is 3. The Morgan fingerprint density at radius 3 is 2.33 bits per heavy atom. The molecule has 1 aromatic carbocycles. The first kappa shape index (κ1) is 15.2. The number of nitro benzene ring substituents is 1. The number of nitrogens with zero attached hydrogens (tertiary/aromatic N) is 2. The Morgan fingerprint density at radius 1 is 1.28 bits per heavy atom. The van der Waals surface area contributed by atoms with Crippen molar-refractivity contribution in [2.24, 2.45) is 4.40 Å². The van der Waals surface area contributed by atoms with Crippen LogP contribution in [-0.4, -0.2) is 23.3 Å². The highest BCUT2D eigenvalue weighted by Crippen LogP contribution is 2.27. The van der Waals surface area contributed by atoms with E-state index in [0.717, 1.165) is 12.1 Å². The maximum atomic E-state index is 11.7. The van der Waals surface area contributed by atoms with Crippen LogP contribution in [0, 0.1) is 10.1 Å². The number of hydrogen-bond acceptors (Lipinski definition) is 4. The second-order valence-electron chi connectivity index (χ2n) is 2.98. The molecular formula is C8H5Cl3N2O4S. The molecule has 1 rings (SSSR count). The average Bonchev–Trinajstić information content (AvgIpc) is 2.26. The lowest BCUT2D eigenvalue weighted by Crippen LogP contribution is -2.08. The summed E-state index contributed by atoms with van der Waals surface area (Å²) in [7, 11) is -4.29. The third-order valence-corrected chi connectivity index (χ3v) is 3.25. The van der Waals surface area contributed by atoms with Gasteiger partial charge in [0.25, 0.3) is 15.7 Å². The first-order valence-electron chi connectivity index (χ1n) is 4.25. The van der Waals surface area contributed by atoms with Crippen LogP contribution in [0.25, 0.3) is 0 Å². The van der Waals surface area contributed by atoms with Crippen molar-refractivity contribution in [3.8, 4) is 0 Å². The molecule has 6 nitrogen and oxygen atoms in total. The van der Waals surface area contributed by atoms with Crippen LogP contribution in [0.4, 0.5) is 5.69 Å². The van der Waals surface area contributed by atoms with Crippen LogP contribution < -0.4 is 0 Å². The molecular weight excluding hydrogens is 327 g/mol. The zero-order chi connectivity index (χ0) is 14.0. The van der Waals surface area contributed by atoms with Gasteiger partial charge in [-0.15, -0.1) is 0 Å². The second kappa shape index (κ2) is 5.40. The number of halogens is 3. The highest BCUT2D eigenvalue weighted by atomic mass is 35.6. The van der Waals surface area contributed by atoms with Crippen molar-refractivity contribution in [3.63, 3.8) is 0 Å². The molecule has 0 unspecified atom stereocenters. The van der Waals surface area contributed by atoms with Crippen LogP contribution in [0.5, 0.6) is 0 Å². The summed E-state index contributed by atoms with van der Waals surface area (Å²) in [6.45, 7) is 0. The molecule has 0 heterocycles. The van der Waals surface area contributed by atoms with Gasteiger partial charge in [-0.25, -0.2) is 0 Å². The number of nitro groups is 1. The average molecular weight is 332 g/mol. The van der Waals surface area contributed by atoms with E-state index >= 15 is 0 Å². The van der Waals surface area contributed by atoms with E-state index in [1.54, 1.807) is 0 Å². The first-order chi connectivity index (χ1) is 8.13. The van der Waals surface area contributed by atoms with Crippen molar-refractivity contribution >= 4 is 56.7 Å². The van der Waals surface area contributed by atoms with E-state index in [1.807, 2.05) is 0 Å². The lowest BCUT2D eigenvalue weighted by molar-refractivity contribution is -0.387. The van der Waals surface area contributed by atoms with Gasteiger partial charge in [0.2, 0.25) is 3.79 Å². The van der Waals surface area contributed by atoms with Gasteiger partial charge in [-0.05, 0) is 6.07 Å². The highest BCUT2D eigenvalue weighted by molar-refractivity contribution is 7.90. The molecule has 0 amide bonds. The van der Waals surface area contributed by atoms with Gasteiger partial charge in [-0.2, -0.15) is 12.8 Å². The van der Waals surface area contributed by atoms with Crippen LogP contribution in [0.2, 0.25) is 0 Å². The predicted octanol–water partition coefficient (Wildman–Crippen LogP) is 2.72. The molecule has 1 aromatic rings. The van der Waals surface area contributed by atoms with Crippen molar-refractivity contribution in [1.29, 1.82) is 0 Å². The Hall–Kier alpha value is -0.890. The van der Waals surface area contributed by atoms with E-state index < -0.39 is 29.3 Å². The molecule has 0 bridgehead atoms. The molecule has 0 spiro atoms. The summed E-state index contributed by atoms with van der Waals surface area (Å²) in [6, 6.07) is 4.74. The van der Waals surface area contributed by atoms with Crippen molar-refractivity contribution in [1.82, 2.24) is 0 Å². The molecule has 0 N–H and O–H groups in total. The molecule has 18 heavy (non-hydrogen) atoms. The van der Waals surface area contributed by atoms with E-state index in [1.165, 1.54) is 12.1 Å². The summed E-state index contributed by atoms with van der Waals surface area (Å²) in [5, 5.41) is 10.7. The lowest BCUT2D eigenvalue weighted by Gasteiger charge is -2.03. The number of benzene rings is 1. The quantitative estimate of drug-likeness (QED) is 0.368. The third-order valence-electron chi connectivity index (χ3n) is 1.68. The normalized spacial score (nSPS) is 12.8. The molecule has 0 aliphatic heterocycles. The zero-order valence-electron chi connectivity index (χ0n) is 8.46. The van der Waals surface area contributed by atoms with Gasteiger partial charge in [0.1, 0.15) is 0 Å². The molecule has 0 aromatic heterocycles. The molecule has 0 radical (unpaired) electrons. The summed E-state index contributed by atoms with van der Waals surface area (Å²) >= 11 is 15.9. The van der Waals surface area contributed by atoms with Crippen LogP contribution in [0.15, 0.2) is 33.6 Å². The Kier molecular flexibility index (Phi) is 4.55. The van der Waals surface area contributed by atoms with Crippen molar-refractivity contribution < 1.29 is 13.3 Å². The fourth-order valence-corrected chi connectivity index (χ4v) is 2.40. The Morgan fingerprint density at radius 2 is 1.83 bits per heavy atom. The smallest absolute Gasteiger partial charge is 0.258 e. The summed E-state index contributed by atoms with van der Waals surface area (Å²) in [5.41, 5.74) is -0.598. The van der Waals surface area contributed by atoms with E-state index in [2.05, 4.69) is 4.40 Å². The molecule has 0 saturated carbocycles. The molecule has 10 heteroatoms. The van der Waals surface area contributed by atoms with Crippen LogP contribution in [0.3, 0.4) is 0 Å². The summed E-state index contributed by atoms with van der Waals surface area (Å²) in [5.74, 6) is 0. The Balaban J connectivity index is 3.30. The minimum Gasteiger partial charge on any atom is -0.258 e. The maximum Gasteiger partial charge on any atom is 0.289 e. The van der Waals surface area contributed by atoms with E-state index in [4.69, 9.17) is 34.8 Å². The molecule has 0 aliphatic rings. The minimum absolute atomic E-state index is 0.559. The van der Waals surface area contributed by atoms with Gasteiger partial charge < -0.3 is 0 Å². The number of alkyl halides is 3. The number of sulfonamides is 1. The standard InChI is InChI=1S/C8H5Cl3N2O4S/c9-8(10,11)5-12-18(16,17)7-4-2-1-3-6(7)13(14)15/h1-5H/b12-5+. The zero-order valence-corrected chi connectivity index (χ0v) is 11.5. The Labute approximate surface area is 117 Å². The van der Waals surface area contributed by atoms with E-state index in [9.17, 15) is 18.5 Å². The van der Waals surface area contributed by atoms with Gasteiger partial charge in [0.05, 0.1) is 11.1 Å². The van der Waals surface area contributed by atoms with Gasteiger partial charge in [0, 0.05) is 6.07 Å². The lowest BCUT2D eigenvalue weighted by atomic mass is 10.3. The molecule has 0 aliphatic carbocycles. The summed E-state index contributed by atoms with van der Waals surface area (Å²) < 4.78 is 24.5. The molecule has 98 valence electrons. The largest absolute Gasteiger partial charge is 0.289 e.